The fourth-order valence-electron chi connectivity index (χ4n) is 8.03. The predicted octanol–water partition coefficient (Wildman–Crippen LogP) is 4.82. The van der Waals surface area contributed by atoms with E-state index in [2.05, 4.69) is 52.9 Å². The summed E-state index contributed by atoms with van der Waals surface area (Å²) in [6.07, 6.45) is 9.72. The van der Waals surface area contributed by atoms with Crippen LogP contribution in [0.4, 0.5) is 11.1 Å². The smallest absolute Gasteiger partial charge is 0.278 e. The van der Waals surface area contributed by atoms with Gasteiger partial charge in [0.1, 0.15) is 0 Å². The molecule has 7 rings (SSSR count). The van der Waals surface area contributed by atoms with Gasteiger partial charge < -0.3 is 15.4 Å². The van der Waals surface area contributed by atoms with Gasteiger partial charge in [0.15, 0.2) is 17.1 Å². The molecule has 0 saturated carbocycles. The normalized spacial score (nSPS) is 22.8. The Balaban J connectivity index is 1.05. The molecule has 13 heteroatoms. The fourth-order valence-corrected chi connectivity index (χ4v) is 8.74. The predicted molar refractivity (Wildman–Crippen MR) is 181 cm³/mol. The number of piperidine rings is 2. The first kappa shape index (κ1) is 32.1. The molecule has 252 valence electrons. The molecule has 0 spiro atoms. The summed E-state index contributed by atoms with van der Waals surface area (Å²) in [5.74, 6) is -0.0740. The average Bonchev–Trinajstić information content (AvgIpc) is 3.67. The Labute approximate surface area is 280 Å². The van der Waals surface area contributed by atoms with Gasteiger partial charge in [-0.1, -0.05) is 27.7 Å². The van der Waals surface area contributed by atoms with Crippen LogP contribution in [-0.2, 0) is 27.8 Å². The van der Waals surface area contributed by atoms with Crippen LogP contribution in [-0.4, -0.2) is 85.2 Å². The van der Waals surface area contributed by atoms with Crippen LogP contribution in [0.25, 0.3) is 11.4 Å². The van der Waals surface area contributed by atoms with Crippen LogP contribution >= 0.6 is 11.3 Å². The number of amides is 2. The lowest BCUT2D eigenvalue weighted by molar-refractivity contribution is -0.132. The third-order valence-electron chi connectivity index (χ3n) is 10.3. The Morgan fingerprint density at radius 1 is 1.09 bits per heavy atom. The number of nitrogens with two attached hydrogens (primary N) is 1. The van der Waals surface area contributed by atoms with E-state index in [9.17, 15) is 9.59 Å². The van der Waals surface area contributed by atoms with Crippen LogP contribution in [0.5, 0.6) is 0 Å². The fraction of sp³-hybridized carbons (Fsp3) is 0.647. The number of rotatable bonds is 6. The number of ether oxygens (including phenoxy) is 1. The Kier molecular flexibility index (Phi) is 8.58. The Hall–Kier alpha value is -3.42. The molecule has 0 aromatic carbocycles. The largest absolute Gasteiger partial charge is 0.368 e. The van der Waals surface area contributed by atoms with Gasteiger partial charge in [0.05, 0.1) is 23.5 Å². The highest BCUT2D eigenvalue weighted by Gasteiger charge is 2.42. The highest BCUT2D eigenvalue weighted by Crippen LogP contribution is 2.46. The van der Waals surface area contributed by atoms with Gasteiger partial charge in [0, 0.05) is 49.4 Å². The molecule has 0 bridgehead atoms. The molecular weight excluding hydrogens is 615 g/mol. The van der Waals surface area contributed by atoms with Crippen molar-refractivity contribution in [1.29, 1.82) is 0 Å². The number of anilines is 2. The number of fused-ring (bicyclic) bond motifs is 3. The van der Waals surface area contributed by atoms with E-state index in [1.165, 1.54) is 30.7 Å². The molecule has 3 aromatic rings. The maximum absolute atomic E-state index is 13.9. The van der Waals surface area contributed by atoms with Crippen molar-refractivity contribution in [3.05, 3.63) is 34.1 Å². The first-order valence-electron chi connectivity index (χ1n) is 17.1. The van der Waals surface area contributed by atoms with E-state index in [4.69, 9.17) is 15.6 Å². The van der Waals surface area contributed by atoms with Gasteiger partial charge in [-0.05, 0) is 74.3 Å². The summed E-state index contributed by atoms with van der Waals surface area (Å²) in [5.41, 5.74) is 10.2. The molecule has 6 heterocycles. The van der Waals surface area contributed by atoms with Gasteiger partial charge >= 0.3 is 0 Å². The maximum Gasteiger partial charge on any atom is 0.278 e. The lowest BCUT2D eigenvalue weighted by atomic mass is 9.73. The molecule has 47 heavy (non-hydrogen) atoms. The van der Waals surface area contributed by atoms with Gasteiger partial charge in [-0.3, -0.25) is 19.8 Å². The zero-order chi connectivity index (χ0) is 32.9. The third-order valence-corrected chi connectivity index (χ3v) is 11.1. The summed E-state index contributed by atoms with van der Waals surface area (Å²) in [7, 11) is 0. The zero-order valence-corrected chi connectivity index (χ0v) is 28.9. The monoisotopic (exact) mass is 661 g/mol. The molecule has 3 saturated heterocycles. The highest BCUT2D eigenvalue weighted by atomic mass is 32.1. The lowest BCUT2D eigenvalue weighted by Gasteiger charge is -2.45. The van der Waals surface area contributed by atoms with Crippen molar-refractivity contribution in [2.45, 2.75) is 103 Å². The second-order valence-electron chi connectivity index (χ2n) is 15.1. The van der Waals surface area contributed by atoms with Crippen molar-refractivity contribution < 1.29 is 14.3 Å². The Bertz CT molecular complexity index is 1650. The molecule has 1 aliphatic carbocycles. The van der Waals surface area contributed by atoms with Gasteiger partial charge in [-0.25, -0.2) is 19.6 Å². The molecular formula is C34H47N9O3S. The molecule has 2 amide bonds. The van der Waals surface area contributed by atoms with Crippen LogP contribution in [0, 0.1) is 5.41 Å². The summed E-state index contributed by atoms with van der Waals surface area (Å²) in [5, 5.41) is 10.2. The SMILES string of the molecule is CC1(C)CCCN(C2CCN(C(=O)Cc3csc(NC(=O)c4nn(C5CCCCO5)c5c4C(C)(C)Cc4cnc(N)nc4-5)n3)CC2)C1. The number of nitrogens with one attached hydrogen (secondary N) is 1. The summed E-state index contributed by atoms with van der Waals surface area (Å²) in [4.78, 5) is 45.3. The minimum atomic E-state index is -0.417. The topological polar surface area (TPSA) is 144 Å². The van der Waals surface area contributed by atoms with Crippen molar-refractivity contribution in [3.63, 3.8) is 0 Å². The van der Waals surface area contributed by atoms with Crippen molar-refractivity contribution >= 4 is 34.2 Å². The van der Waals surface area contributed by atoms with E-state index >= 15 is 0 Å². The number of aromatic nitrogens is 5. The van der Waals surface area contributed by atoms with Crippen molar-refractivity contribution in [2.75, 3.05) is 43.8 Å². The van der Waals surface area contributed by atoms with Crippen LogP contribution in [0.15, 0.2) is 11.6 Å². The number of carbonyl (C=O) groups is 2. The number of nitrogens with zero attached hydrogens (tertiary/aromatic N) is 7. The van der Waals surface area contributed by atoms with Crippen molar-refractivity contribution in [3.8, 4) is 11.4 Å². The minimum absolute atomic E-state index is 0.0903. The highest BCUT2D eigenvalue weighted by molar-refractivity contribution is 7.14. The number of carbonyl (C=O) groups excluding carboxylic acids is 2. The van der Waals surface area contributed by atoms with Gasteiger partial charge in [-0.15, -0.1) is 11.3 Å². The van der Waals surface area contributed by atoms with Crippen LogP contribution in [0.1, 0.15) is 106 Å². The Morgan fingerprint density at radius 2 is 1.89 bits per heavy atom. The summed E-state index contributed by atoms with van der Waals surface area (Å²) < 4.78 is 7.97. The minimum Gasteiger partial charge on any atom is -0.368 e. The van der Waals surface area contributed by atoms with E-state index < -0.39 is 5.41 Å². The molecule has 3 fully saturated rings. The van der Waals surface area contributed by atoms with Gasteiger partial charge in [-0.2, -0.15) is 5.10 Å². The molecule has 0 radical (unpaired) electrons. The number of thiazole rings is 1. The second-order valence-corrected chi connectivity index (χ2v) is 16.0. The second kappa shape index (κ2) is 12.6. The molecule has 12 nitrogen and oxygen atoms in total. The molecule has 4 aliphatic rings. The molecule has 1 unspecified atom stereocenters. The molecule has 3 aromatic heterocycles. The summed E-state index contributed by atoms with van der Waals surface area (Å²) in [6.45, 7) is 13.5. The number of hydrogen-bond acceptors (Lipinski definition) is 10. The third kappa shape index (κ3) is 6.54. The van der Waals surface area contributed by atoms with Gasteiger partial charge in [0.2, 0.25) is 11.9 Å². The standard InChI is InChI=1S/C34H47N9O3S/c1-33(2)11-7-12-42(20-33)23-9-13-41(14-10-23)24(44)16-22-19-47-32(37-22)39-30(45)28-26-29(43(40-28)25-8-5-6-15-46-25)27-21(17-34(26,3)4)18-36-31(35)38-27/h18-19,23,25H,5-17,20H2,1-4H3,(H2,35,36,38)(H,37,39,45). The van der Waals surface area contributed by atoms with E-state index in [1.807, 2.05) is 15.0 Å². The van der Waals surface area contributed by atoms with Crippen LogP contribution < -0.4 is 11.1 Å². The molecule has 3 aliphatic heterocycles. The average molecular weight is 662 g/mol. The van der Waals surface area contributed by atoms with Crippen molar-refractivity contribution in [2.24, 2.45) is 5.41 Å². The first-order valence-corrected chi connectivity index (χ1v) is 18.0. The quantitative estimate of drug-likeness (QED) is 0.380. The Morgan fingerprint density at radius 3 is 2.64 bits per heavy atom. The zero-order valence-electron chi connectivity index (χ0n) is 28.0. The summed E-state index contributed by atoms with van der Waals surface area (Å²) in [6, 6.07) is 0.557. The number of nitrogen functional groups attached to an aromatic ring is 1. The summed E-state index contributed by atoms with van der Waals surface area (Å²) >= 11 is 1.33. The number of hydrogen-bond donors (Lipinski definition) is 2. The van der Waals surface area contributed by atoms with Crippen molar-refractivity contribution in [1.82, 2.24) is 34.5 Å². The molecule has 1 atom stereocenters. The van der Waals surface area contributed by atoms with E-state index in [0.29, 0.717) is 46.7 Å². The maximum atomic E-state index is 13.9. The number of likely N-dealkylation sites (tertiary alicyclic amines) is 2. The van der Waals surface area contributed by atoms with Crippen LogP contribution in [0.3, 0.4) is 0 Å². The first-order chi connectivity index (χ1) is 22.5. The van der Waals surface area contributed by atoms with E-state index in [-0.39, 0.29) is 30.4 Å². The lowest BCUT2D eigenvalue weighted by Crippen LogP contribution is -2.51. The van der Waals surface area contributed by atoms with Crippen LogP contribution in [0.2, 0.25) is 0 Å². The van der Waals surface area contributed by atoms with E-state index in [0.717, 1.165) is 68.6 Å². The van der Waals surface area contributed by atoms with E-state index in [1.54, 1.807) is 6.20 Å². The molecule has 3 N–H and O–H groups in total. The van der Waals surface area contributed by atoms with Gasteiger partial charge in [0.25, 0.3) is 5.91 Å².